The van der Waals surface area contributed by atoms with Gasteiger partial charge in [-0.15, -0.1) is 0 Å². The third-order valence-corrected chi connectivity index (χ3v) is 7.12. The molecule has 7 heteroatoms. The lowest BCUT2D eigenvalue weighted by molar-refractivity contribution is 0.0563. The van der Waals surface area contributed by atoms with Gasteiger partial charge >= 0.3 is 5.97 Å². The number of benzene rings is 1. The lowest BCUT2D eigenvalue weighted by Crippen LogP contribution is -2.43. The lowest BCUT2D eigenvalue weighted by atomic mass is 10.0. The standard InChI is InChI=1S/C24H26N2O4Si/c1-28-20-14-12-19-18(15-17-11-13-21(30-17)24(27)29-2)22(16-9-7-6-8-10-16)25-26(19)23(20)31(3,4)5/h6-14H,15H2,1-5H3. The van der Waals surface area contributed by atoms with Crippen LogP contribution in [0.2, 0.25) is 19.6 Å². The molecule has 0 N–H and O–H groups in total. The summed E-state index contributed by atoms with van der Waals surface area (Å²) in [4.78, 5) is 11.8. The average molecular weight is 435 g/mol. The number of ether oxygens (including phenoxy) is 2. The molecule has 160 valence electrons. The highest BCUT2D eigenvalue weighted by Gasteiger charge is 2.28. The maximum atomic E-state index is 11.8. The predicted molar refractivity (Wildman–Crippen MR) is 123 cm³/mol. The normalized spacial score (nSPS) is 11.6. The third-order valence-electron chi connectivity index (χ3n) is 5.24. The van der Waals surface area contributed by atoms with Gasteiger partial charge in [0, 0.05) is 17.5 Å². The van der Waals surface area contributed by atoms with Crippen LogP contribution in [0.1, 0.15) is 21.9 Å². The predicted octanol–water partition coefficient (Wildman–Crippen LogP) is 4.53. The minimum Gasteiger partial charge on any atom is -0.495 e. The summed E-state index contributed by atoms with van der Waals surface area (Å²) in [7, 11) is 1.25. The van der Waals surface area contributed by atoms with Gasteiger partial charge in [-0.1, -0.05) is 50.0 Å². The van der Waals surface area contributed by atoms with E-state index in [4.69, 9.17) is 19.0 Å². The van der Waals surface area contributed by atoms with Crippen molar-refractivity contribution in [1.29, 1.82) is 0 Å². The number of carbonyl (C=O) groups excluding carboxylic acids is 1. The Hall–Kier alpha value is -3.32. The van der Waals surface area contributed by atoms with Crippen LogP contribution in [0.25, 0.3) is 16.8 Å². The van der Waals surface area contributed by atoms with Crippen molar-refractivity contribution in [1.82, 2.24) is 9.61 Å². The summed E-state index contributed by atoms with van der Waals surface area (Å²) >= 11 is 0. The van der Waals surface area contributed by atoms with Gasteiger partial charge in [-0.2, -0.15) is 5.10 Å². The zero-order valence-electron chi connectivity index (χ0n) is 18.4. The Bertz CT molecular complexity index is 1240. The second-order valence-electron chi connectivity index (χ2n) is 8.42. The van der Waals surface area contributed by atoms with Gasteiger partial charge in [-0.3, -0.25) is 0 Å². The van der Waals surface area contributed by atoms with Gasteiger partial charge < -0.3 is 13.9 Å². The molecule has 0 saturated carbocycles. The molecule has 31 heavy (non-hydrogen) atoms. The number of esters is 1. The molecule has 4 rings (SSSR count). The Kier molecular flexibility index (Phi) is 5.45. The first-order valence-electron chi connectivity index (χ1n) is 10.1. The molecule has 3 heterocycles. The maximum absolute atomic E-state index is 11.8. The van der Waals surface area contributed by atoms with Gasteiger partial charge in [-0.25, -0.2) is 9.31 Å². The molecule has 3 aromatic heterocycles. The zero-order chi connectivity index (χ0) is 22.2. The van der Waals surface area contributed by atoms with E-state index in [0.717, 1.165) is 33.4 Å². The highest BCUT2D eigenvalue weighted by molar-refractivity contribution is 6.88. The molecule has 0 aliphatic rings. The Morgan fingerprint density at radius 3 is 2.42 bits per heavy atom. The highest BCUT2D eigenvalue weighted by atomic mass is 28.3. The number of fused-ring (bicyclic) bond motifs is 1. The van der Waals surface area contributed by atoms with E-state index in [1.807, 2.05) is 40.9 Å². The third kappa shape index (κ3) is 3.88. The molecule has 0 aliphatic heterocycles. The molecule has 1 aromatic carbocycles. The number of carbonyl (C=O) groups is 1. The zero-order valence-corrected chi connectivity index (χ0v) is 19.4. The number of nitrogens with zero attached hydrogens (tertiary/aromatic N) is 2. The Morgan fingerprint density at radius 1 is 1.03 bits per heavy atom. The van der Waals surface area contributed by atoms with Gasteiger partial charge in [0.2, 0.25) is 5.76 Å². The van der Waals surface area contributed by atoms with Crippen LogP contribution in [-0.2, 0) is 11.2 Å². The molecule has 0 amide bonds. The summed E-state index contributed by atoms with van der Waals surface area (Å²) in [6.07, 6.45) is 0.502. The fraction of sp³-hybridized carbons (Fsp3) is 0.250. The summed E-state index contributed by atoms with van der Waals surface area (Å²) in [5, 5.41) is 6.18. The van der Waals surface area contributed by atoms with Crippen LogP contribution in [0.5, 0.6) is 5.75 Å². The SMILES string of the molecule is COC(=O)c1ccc(Cc2c(-c3ccccc3)nn3c([Si](C)(C)C)c(OC)ccc23)o1. The van der Waals surface area contributed by atoms with Crippen LogP contribution in [0, 0.1) is 0 Å². The summed E-state index contributed by atoms with van der Waals surface area (Å²) in [5.74, 6) is 1.24. The Morgan fingerprint density at radius 2 is 1.77 bits per heavy atom. The average Bonchev–Trinajstić information content (AvgIpc) is 3.37. The molecule has 6 nitrogen and oxygen atoms in total. The first-order valence-corrected chi connectivity index (χ1v) is 13.6. The van der Waals surface area contributed by atoms with Gasteiger partial charge in [0.25, 0.3) is 0 Å². The van der Waals surface area contributed by atoms with Crippen molar-refractivity contribution < 1.29 is 18.7 Å². The number of pyridine rings is 1. The van der Waals surface area contributed by atoms with Crippen molar-refractivity contribution in [2.75, 3.05) is 14.2 Å². The van der Waals surface area contributed by atoms with Crippen LogP contribution < -0.4 is 10.1 Å². The van der Waals surface area contributed by atoms with E-state index in [9.17, 15) is 4.79 Å². The van der Waals surface area contributed by atoms with Crippen LogP contribution >= 0.6 is 0 Å². The second-order valence-corrected chi connectivity index (χ2v) is 13.4. The van der Waals surface area contributed by atoms with E-state index in [0.29, 0.717) is 12.2 Å². The molecule has 0 atom stereocenters. The minimum atomic E-state index is -1.79. The number of rotatable bonds is 6. The van der Waals surface area contributed by atoms with Gasteiger partial charge in [-0.05, 0) is 24.3 Å². The monoisotopic (exact) mass is 434 g/mol. The molecular weight excluding hydrogens is 408 g/mol. The molecule has 0 aliphatic carbocycles. The van der Waals surface area contributed by atoms with Crippen molar-refractivity contribution in [2.45, 2.75) is 26.1 Å². The maximum Gasteiger partial charge on any atom is 0.373 e. The Balaban J connectivity index is 1.94. The molecule has 0 spiro atoms. The quantitative estimate of drug-likeness (QED) is 0.330. The Labute approximate surface area is 182 Å². The number of aromatic nitrogens is 2. The van der Waals surface area contributed by atoms with Crippen molar-refractivity contribution in [3.05, 3.63) is 71.7 Å². The van der Waals surface area contributed by atoms with Gasteiger partial charge in [0.15, 0.2) is 0 Å². The molecule has 0 fully saturated rings. The van der Waals surface area contributed by atoms with E-state index < -0.39 is 14.0 Å². The van der Waals surface area contributed by atoms with Crippen molar-refractivity contribution in [3.8, 4) is 17.0 Å². The molecular formula is C24H26N2O4Si. The minimum absolute atomic E-state index is 0.194. The van der Waals surface area contributed by atoms with Gasteiger partial charge in [0.1, 0.15) is 19.6 Å². The topological polar surface area (TPSA) is 66.0 Å². The molecule has 0 unspecified atom stereocenters. The van der Waals surface area contributed by atoms with E-state index in [1.54, 1.807) is 13.2 Å². The van der Waals surface area contributed by atoms with Crippen LogP contribution in [0.4, 0.5) is 0 Å². The fourth-order valence-electron chi connectivity index (χ4n) is 3.85. The first kappa shape index (κ1) is 20.9. The second kappa shape index (κ2) is 8.07. The number of furan rings is 1. The van der Waals surface area contributed by atoms with Crippen LogP contribution in [0.15, 0.2) is 59.0 Å². The number of hydrogen-bond donors (Lipinski definition) is 0. The van der Waals surface area contributed by atoms with Crippen LogP contribution in [-0.4, -0.2) is 37.9 Å². The van der Waals surface area contributed by atoms with E-state index >= 15 is 0 Å². The summed E-state index contributed by atoms with van der Waals surface area (Å²) < 4.78 is 18.3. The largest absolute Gasteiger partial charge is 0.495 e. The molecule has 0 radical (unpaired) electrons. The first-order chi connectivity index (χ1) is 14.8. The van der Waals surface area contributed by atoms with Crippen LogP contribution in [0.3, 0.4) is 0 Å². The summed E-state index contributed by atoms with van der Waals surface area (Å²) in [5.41, 5.74) is 3.97. The molecule has 0 bridgehead atoms. The van der Waals surface area contributed by atoms with Crippen molar-refractivity contribution >= 4 is 24.9 Å². The summed E-state index contributed by atoms with van der Waals surface area (Å²) in [6, 6.07) is 17.6. The van der Waals surface area contributed by atoms with E-state index in [2.05, 4.69) is 31.8 Å². The van der Waals surface area contributed by atoms with Gasteiger partial charge in [0.05, 0.1) is 30.7 Å². The summed E-state index contributed by atoms with van der Waals surface area (Å²) in [6.45, 7) is 6.84. The number of methoxy groups -OCH3 is 2. The smallest absolute Gasteiger partial charge is 0.373 e. The van der Waals surface area contributed by atoms with Crippen molar-refractivity contribution in [2.24, 2.45) is 0 Å². The molecule has 4 aromatic rings. The fourth-order valence-corrected chi connectivity index (χ4v) is 5.59. The lowest BCUT2D eigenvalue weighted by Gasteiger charge is -2.21. The number of hydrogen-bond acceptors (Lipinski definition) is 5. The van der Waals surface area contributed by atoms with E-state index in [1.165, 1.54) is 7.11 Å². The van der Waals surface area contributed by atoms with Crippen molar-refractivity contribution in [3.63, 3.8) is 0 Å². The molecule has 0 saturated heterocycles. The highest BCUT2D eigenvalue weighted by Crippen LogP contribution is 2.30. The van der Waals surface area contributed by atoms with E-state index in [-0.39, 0.29) is 5.76 Å².